The first-order valence-corrected chi connectivity index (χ1v) is 12.5. The molecule has 9 unspecified atom stereocenters. The number of rotatable bonds is 5. The number of nitrogens with zero attached hydrogens (tertiary/aromatic N) is 1. The van der Waals surface area contributed by atoms with Crippen molar-refractivity contribution in [1.82, 2.24) is 4.90 Å². The van der Waals surface area contributed by atoms with E-state index in [1.165, 1.54) is 19.3 Å². The zero-order chi connectivity index (χ0) is 21.9. The van der Waals surface area contributed by atoms with E-state index in [4.69, 9.17) is 4.74 Å². The molecule has 5 fully saturated rings. The number of hydrogen-bond donors (Lipinski definition) is 1. The molecule has 31 heavy (non-hydrogen) atoms. The van der Waals surface area contributed by atoms with Crippen LogP contribution >= 0.6 is 0 Å². The summed E-state index contributed by atoms with van der Waals surface area (Å²) in [7, 11) is 0. The largest absolute Gasteiger partial charge is 0.547 e. The van der Waals surface area contributed by atoms with Crippen LogP contribution in [0.15, 0.2) is 12.2 Å². The van der Waals surface area contributed by atoms with Gasteiger partial charge >= 0.3 is 0 Å². The molecule has 0 aromatic rings. The van der Waals surface area contributed by atoms with E-state index in [1.54, 1.807) is 6.92 Å². The monoisotopic (exact) mass is 430 g/mol. The number of aliphatic carboxylic acids is 1. The molecule has 10 atom stereocenters. The Kier molecular flexibility index (Phi) is 5.66. The van der Waals surface area contributed by atoms with Crippen molar-refractivity contribution >= 4 is 11.9 Å². The lowest BCUT2D eigenvalue weighted by Gasteiger charge is -2.50. The number of nitrogens with two attached hydrogens (primary N) is 1. The van der Waals surface area contributed by atoms with Gasteiger partial charge in [0, 0.05) is 24.3 Å². The lowest BCUT2D eigenvalue weighted by molar-refractivity contribution is -0.713. The number of allylic oxidation sites excluding steroid dienone is 1. The van der Waals surface area contributed by atoms with Crippen molar-refractivity contribution in [3.63, 3.8) is 0 Å². The standard InChI is InChI=1S/C25H38N2O4/c1-13(2)12-18-20(31-14(3)25(29)30)9-8-19-21(18)17-10-11-26-22-15-6-4-5-7-16(15)24(28)27(19)23(17)22/h14-23,26H,1,4-12H2,2-3H3,(H,29,30)/t14-,15?,16?,17?,18?,19?,20?,21?,22?,23?/m0/s1. The Morgan fingerprint density at radius 2 is 2.00 bits per heavy atom. The summed E-state index contributed by atoms with van der Waals surface area (Å²) in [5.74, 6) is 1.14. The Labute approximate surface area is 185 Å². The molecule has 5 rings (SSSR count). The Balaban J connectivity index is 1.49. The molecule has 0 aromatic heterocycles. The number of carboxylic acid groups (broad SMARTS) is 1. The van der Waals surface area contributed by atoms with Crippen LogP contribution in [0.3, 0.4) is 0 Å². The van der Waals surface area contributed by atoms with Crippen LogP contribution in [0.2, 0.25) is 0 Å². The molecule has 6 heteroatoms. The van der Waals surface area contributed by atoms with Gasteiger partial charge in [-0.25, -0.2) is 0 Å². The second-order valence-corrected chi connectivity index (χ2v) is 11.0. The molecule has 3 aliphatic heterocycles. The van der Waals surface area contributed by atoms with Gasteiger partial charge in [0.25, 0.3) is 0 Å². The van der Waals surface area contributed by atoms with E-state index in [2.05, 4.69) is 23.7 Å². The third-order valence-electron chi connectivity index (χ3n) is 9.29. The van der Waals surface area contributed by atoms with Crippen LogP contribution < -0.4 is 10.4 Å². The first-order chi connectivity index (χ1) is 14.9. The Morgan fingerprint density at radius 1 is 1.23 bits per heavy atom. The normalized spacial score (nSPS) is 44.8. The zero-order valence-corrected chi connectivity index (χ0v) is 19.0. The summed E-state index contributed by atoms with van der Waals surface area (Å²) < 4.78 is 6.07. The zero-order valence-electron chi connectivity index (χ0n) is 19.0. The van der Waals surface area contributed by atoms with E-state index in [0.717, 1.165) is 44.2 Å². The predicted molar refractivity (Wildman–Crippen MR) is 114 cm³/mol. The summed E-state index contributed by atoms with van der Waals surface area (Å²) >= 11 is 0. The molecule has 0 bridgehead atoms. The number of fused-ring (bicyclic) bond motifs is 5. The minimum Gasteiger partial charge on any atom is -0.547 e. The lowest BCUT2D eigenvalue weighted by atomic mass is 9.63. The smallest absolute Gasteiger partial charge is 0.226 e. The SMILES string of the molecule is C=C(C)CC1C(O[C@@H](C)C(=O)[O-])CCC2C1C1CC[NH2+]C3C4CCCCC4C(=O)N2C13. The van der Waals surface area contributed by atoms with Crippen molar-refractivity contribution in [2.75, 3.05) is 6.54 Å². The fourth-order valence-electron chi connectivity index (χ4n) is 8.33. The van der Waals surface area contributed by atoms with Crippen molar-refractivity contribution in [3.05, 3.63) is 12.2 Å². The molecule has 2 N–H and O–H groups in total. The van der Waals surface area contributed by atoms with Gasteiger partial charge in [0.05, 0.1) is 30.8 Å². The minimum absolute atomic E-state index is 0.103. The van der Waals surface area contributed by atoms with E-state index in [-0.39, 0.29) is 24.0 Å². The maximum Gasteiger partial charge on any atom is 0.226 e. The number of quaternary nitrogens is 1. The van der Waals surface area contributed by atoms with Gasteiger partial charge in [0.15, 0.2) is 0 Å². The van der Waals surface area contributed by atoms with E-state index in [9.17, 15) is 14.7 Å². The number of hydrogen-bond acceptors (Lipinski definition) is 4. The number of carbonyl (C=O) groups excluding carboxylic acids is 2. The number of carbonyl (C=O) groups is 2. The van der Waals surface area contributed by atoms with Gasteiger partial charge in [0.2, 0.25) is 5.91 Å². The van der Waals surface area contributed by atoms with Crippen LogP contribution in [0.4, 0.5) is 0 Å². The van der Waals surface area contributed by atoms with Crippen molar-refractivity contribution < 1.29 is 24.7 Å². The Morgan fingerprint density at radius 3 is 2.74 bits per heavy atom. The van der Waals surface area contributed by atoms with Gasteiger partial charge in [-0.3, -0.25) is 4.79 Å². The van der Waals surface area contributed by atoms with E-state index >= 15 is 0 Å². The van der Waals surface area contributed by atoms with Crippen LogP contribution in [0.1, 0.15) is 65.2 Å². The maximum atomic E-state index is 13.8. The highest BCUT2D eigenvalue weighted by molar-refractivity contribution is 5.82. The fraction of sp³-hybridized carbons (Fsp3) is 0.840. The molecule has 2 aliphatic carbocycles. The highest BCUT2D eigenvalue weighted by atomic mass is 16.5. The summed E-state index contributed by atoms with van der Waals surface area (Å²) in [6, 6.07) is 1.17. The fourth-order valence-corrected chi connectivity index (χ4v) is 8.33. The quantitative estimate of drug-likeness (QED) is 0.656. The average Bonchev–Trinajstić information content (AvgIpc) is 3.09. The van der Waals surface area contributed by atoms with Gasteiger partial charge < -0.3 is 24.9 Å². The highest BCUT2D eigenvalue weighted by Crippen LogP contribution is 2.55. The summed E-state index contributed by atoms with van der Waals surface area (Å²) in [5, 5.41) is 13.9. The molecule has 0 radical (unpaired) electrons. The second-order valence-electron chi connectivity index (χ2n) is 11.0. The average molecular weight is 431 g/mol. The molecule has 3 saturated heterocycles. The minimum atomic E-state index is -1.15. The molecular formula is C25H38N2O4. The first kappa shape index (κ1) is 21.4. The lowest BCUT2D eigenvalue weighted by Crippen LogP contribution is -2.98. The second kappa shape index (κ2) is 8.18. The van der Waals surface area contributed by atoms with E-state index < -0.39 is 12.1 Å². The molecular weight excluding hydrogens is 392 g/mol. The van der Waals surface area contributed by atoms with Crippen molar-refractivity contribution in [3.8, 4) is 0 Å². The van der Waals surface area contributed by atoms with Crippen LogP contribution in [0.5, 0.6) is 0 Å². The third-order valence-corrected chi connectivity index (χ3v) is 9.29. The van der Waals surface area contributed by atoms with Gasteiger partial charge in [-0.2, -0.15) is 0 Å². The topological polar surface area (TPSA) is 86.3 Å². The van der Waals surface area contributed by atoms with Crippen LogP contribution in [0, 0.1) is 29.6 Å². The maximum absolute atomic E-state index is 13.8. The number of ether oxygens (including phenoxy) is 1. The van der Waals surface area contributed by atoms with Crippen LogP contribution in [-0.2, 0) is 14.3 Å². The molecule has 3 heterocycles. The summed E-state index contributed by atoms with van der Waals surface area (Å²) in [6.07, 6.45) is 7.41. The van der Waals surface area contributed by atoms with Gasteiger partial charge in [0.1, 0.15) is 6.04 Å². The van der Waals surface area contributed by atoms with Crippen molar-refractivity contribution in [1.29, 1.82) is 0 Å². The Bertz CT molecular complexity index is 754. The summed E-state index contributed by atoms with van der Waals surface area (Å²) in [5.41, 5.74) is 1.11. The van der Waals surface area contributed by atoms with Gasteiger partial charge in [-0.15, -0.1) is 6.58 Å². The van der Waals surface area contributed by atoms with Gasteiger partial charge in [-0.05, 0) is 63.7 Å². The molecule has 0 aromatic carbocycles. The molecule has 6 nitrogen and oxygen atoms in total. The Hall–Kier alpha value is -1.40. The number of piperidine rings is 2. The predicted octanol–water partition coefficient (Wildman–Crippen LogP) is 0.854. The van der Waals surface area contributed by atoms with E-state index in [1.807, 2.05) is 0 Å². The number of amides is 1. The van der Waals surface area contributed by atoms with Crippen LogP contribution in [-0.4, -0.2) is 53.7 Å². The van der Waals surface area contributed by atoms with Crippen molar-refractivity contribution in [2.24, 2.45) is 29.6 Å². The molecule has 0 spiro atoms. The van der Waals surface area contributed by atoms with Crippen molar-refractivity contribution in [2.45, 2.75) is 95.5 Å². The summed E-state index contributed by atoms with van der Waals surface area (Å²) in [6.45, 7) is 8.96. The highest BCUT2D eigenvalue weighted by Gasteiger charge is 2.65. The van der Waals surface area contributed by atoms with E-state index in [0.29, 0.717) is 35.7 Å². The molecule has 2 saturated carbocycles. The summed E-state index contributed by atoms with van der Waals surface area (Å²) in [4.78, 5) is 27.5. The molecule has 1 amide bonds. The molecule has 172 valence electrons. The van der Waals surface area contributed by atoms with Crippen LogP contribution in [0.25, 0.3) is 0 Å². The number of carboxylic acids is 1. The molecule has 5 aliphatic rings. The van der Waals surface area contributed by atoms with Gasteiger partial charge in [-0.1, -0.05) is 18.4 Å². The first-order valence-electron chi connectivity index (χ1n) is 12.5. The third kappa shape index (κ3) is 3.45.